The van der Waals surface area contributed by atoms with Crippen LogP contribution >= 0.6 is 11.6 Å². The van der Waals surface area contributed by atoms with Crippen molar-refractivity contribution in [3.05, 3.63) is 29.0 Å². The fraction of sp³-hybridized carbons (Fsp3) is 0.571. The van der Waals surface area contributed by atoms with Gasteiger partial charge in [-0.2, -0.15) is 0 Å². The fourth-order valence-electron chi connectivity index (χ4n) is 2.20. The van der Waals surface area contributed by atoms with E-state index in [0.29, 0.717) is 19.0 Å². The molecule has 0 bridgehead atoms. The maximum Gasteiger partial charge on any atom is 0.145 e. The summed E-state index contributed by atoms with van der Waals surface area (Å²) in [6.07, 6.45) is 0.664. The summed E-state index contributed by atoms with van der Waals surface area (Å²) in [5, 5.41) is 3.26. The lowest BCUT2D eigenvalue weighted by molar-refractivity contribution is -0.114. The van der Waals surface area contributed by atoms with Crippen molar-refractivity contribution in [1.29, 1.82) is 0 Å². The predicted molar refractivity (Wildman–Crippen MR) is 74.9 cm³/mol. The number of hydrogen-bond donors (Lipinski definition) is 1. The van der Waals surface area contributed by atoms with Crippen molar-refractivity contribution in [2.45, 2.75) is 24.7 Å². The van der Waals surface area contributed by atoms with Crippen molar-refractivity contribution in [2.24, 2.45) is 0 Å². The first-order valence-electron chi connectivity index (χ1n) is 6.55. The maximum atomic E-state index is 13.4. The Hall–Kier alpha value is -0.880. The first-order valence-corrected chi connectivity index (χ1v) is 6.93. The van der Waals surface area contributed by atoms with Gasteiger partial charge in [0.15, 0.2) is 0 Å². The molecule has 3 unspecified atom stereocenters. The monoisotopic (exact) mass is 303 g/mol. The molecule has 6 heteroatoms. The van der Waals surface area contributed by atoms with E-state index in [-0.39, 0.29) is 23.3 Å². The summed E-state index contributed by atoms with van der Waals surface area (Å²) in [7, 11) is 3.51. The van der Waals surface area contributed by atoms with Gasteiger partial charge in [-0.1, -0.05) is 11.6 Å². The molecular weight excluding hydrogens is 285 g/mol. The highest BCUT2D eigenvalue weighted by Gasteiger charge is 2.43. The Bertz CT molecular complexity index is 446. The number of benzene rings is 1. The molecule has 0 aliphatic heterocycles. The van der Waals surface area contributed by atoms with Crippen LogP contribution in [0.25, 0.3) is 0 Å². The number of likely N-dealkylation sites (N-methyl/N-ethyl adjacent to an activating group) is 1. The van der Waals surface area contributed by atoms with Crippen LogP contribution < -0.4 is 10.1 Å². The summed E-state index contributed by atoms with van der Waals surface area (Å²) in [6, 6.07) is 4.68. The van der Waals surface area contributed by atoms with Gasteiger partial charge in [-0.15, -0.1) is 0 Å². The van der Waals surface area contributed by atoms with Crippen LogP contribution in [0.15, 0.2) is 18.2 Å². The highest BCUT2D eigenvalue weighted by molar-refractivity contribution is 6.30. The summed E-state index contributed by atoms with van der Waals surface area (Å²) in [6.45, 7) is 1.05. The Labute approximate surface area is 123 Å². The lowest BCUT2D eigenvalue weighted by Crippen LogP contribution is -2.60. The van der Waals surface area contributed by atoms with E-state index in [2.05, 4.69) is 5.32 Å². The molecular formula is C14H19ClFNO3. The molecule has 1 aromatic rings. The van der Waals surface area contributed by atoms with Gasteiger partial charge in [0, 0.05) is 25.6 Å². The van der Waals surface area contributed by atoms with Crippen LogP contribution in [0.4, 0.5) is 4.39 Å². The summed E-state index contributed by atoms with van der Waals surface area (Å²) in [5.74, 6) is -0.0164. The number of rotatable bonds is 7. The third-order valence-corrected chi connectivity index (χ3v) is 3.70. The Balaban J connectivity index is 1.92. The molecule has 1 N–H and O–H groups in total. The van der Waals surface area contributed by atoms with E-state index in [1.54, 1.807) is 13.2 Å². The molecule has 0 aromatic heterocycles. The molecule has 0 spiro atoms. The second kappa shape index (κ2) is 7.22. The summed E-state index contributed by atoms with van der Waals surface area (Å²) < 4.78 is 29.8. The van der Waals surface area contributed by atoms with Crippen LogP contribution in [-0.2, 0) is 9.47 Å². The first kappa shape index (κ1) is 15.5. The van der Waals surface area contributed by atoms with Crippen molar-refractivity contribution in [3.8, 4) is 5.75 Å². The number of ether oxygens (including phenoxy) is 3. The van der Waals surface area contributed by atoms with Gasteiger partial charge in [0.25, 0.3) is 0 Å². The molecule has 1 fully saturated rings. The average Bonchev–Trinajstić information content (AvgIpc) is 2.43. The van der Waals surface area contributed by atoms with Crippen LogP contribution in [-0.4, -0.2) is 45.6 Å². The zero-order chi connectivity index (χ0) is 14.5. The molecule has 0 saturated heterocycles. The number of nitrogens with one attached hydrogen (secondary N) is 1. The van der Waals surface area contributed by atoms with Gasteiger partial charge >= 0.3 is 0 Å². The van der Waals surface area contributed by atoms with Gasteiger partial charge in [0.1, 0.15) is 23.8 Å². The third kappa shape index (κ3) is 3.61. The van der Waals surface area contributed by atoms with Crippen molar-refractivity contribution >= 4 is 11.6 Å². The Morgan fingerprint density at radius 1 is 1.40 bits per heavy atom. The second-order valence-corrected chi connectivity index (χ2v) is 5.10. The molecule has 20 heavy (non-hydrogen) atoms. The Morgan fingerprint density at radius 2 is 2.20 bits per heavy atom. The molecule has 0 radical (unpaired) electrons. The predicted octanol–water partition coefficient (Wildman–Crippen LogP) is 2.25. The Morgan fingerprint density at radius 3 is 2.85 bits per heavy atom. The molecule has 3 atom stereocenters. The minimum Gasteiger partial charge on any atom is -0.487 e. The minimum absolute atomic E-state index is 0.0612. The number of halogens is 2. The zero-order valence-corrected chi connectivity index (χ0v) is 12.3. The maximum absolute atomic E-state index is 13.4. The van der Waals surface area contributed by atoms with Crippen molar-refractivity contribution in [2.75, 3.05) is 27.4 Å². The first-order chi connectivity index (χ1) is 9.65. The summed E-state index contributed by atoms with van der Waals surface area (Å²) in [5.41, 5.74) is 0. The van der Waals surface area contributed by atoms with Crippen LogP contribution in [0.3, 0.4) is 0 Å². The number of methoxy groups -OCH3 is 1. The van der Waals surface area contributed by atoms with Crippen LogP contribution in [0.1, 0.15) is 6.42 Å². The van der Waals surface area contributed by atoms with E-state index in [1.807, 2.05) is 7.05 Å². The molecule has 4 nitrogen and oxygen atoms in total. The van der Waals surface area contributed by atoms with Gasteiger partial charge in [-0.05, 0) is 19.2 Å². The van der Waals surface area contributed by atoms with Crippen LogP contribution in [0.2, 0.25) is 5.02 Å². The molecule has 1 aliphatic rings. The second-order valence-electron chi connectivity index (χ2n) is 4.69. The van der Waals surface area contributed by atoms with Crippen LogP contribution in [0.5, 0.6) is 5.75 Å². The van der Waals surface area contributed by atoms with Gasteiger partial charge in [0.2, 0.25) is 0 Å². The third-order valence-electron chi connectivity index (χ3n) is 3.40. The topological polar surface area (TPSA) is 39.7 Å². The highest BCUT2D eigenvalue weighted by Crippen LogP contribution is 2.30. The van der Waals surface area contributed by atoms with E-state index in [9.17, 15) is 4.39 Å². The molecule has 1 aromatic carbocycles. The van der Waals surface area contributed by atoms with Gasteiger partial charge in [-0.3, -0.25) is 0 Å². The normalized spacial score (nSPS) is 25.3. The standard InChI is InChI=1S/C14H19ClFNO3/c1-17-12-8-13(14(12)19-6-5-18-2)20-9-3-4-10(15)11(16)7-9/h3-4,7,12-14,17H,5-6,8H2,1-2H3. The van der Waals surface area contributed by atoms with Crippen molar-refractivity contribution in [1.82, 2.24) is 5.32 Å². The average molecular weight is 304 g/mol. The lowest BCUT2D eigenvalue weighted by Gasteiger charge is -2.43. The number of hydrogen-bond acceptors (Lipinski definition) is 4. The Kier molecular flexibility index (Phi) is 5.60. The van der Waals surface area contributed by atoms with E-state index >= 15 is 0 Å². The summed E-state index contributed by atoms with van der Waals surface area (Å²) in [4.78, 5) is 0. The van der Waals surface area contributed by atoms with E-state index in [1.165, 1.54) is 12.1 Å². The lowest BCUT2D eigenvalue weighted by atomic mass is 9.85. The van der Waals surface area contributed by atoms with Gasteiger partial charge in [-0.25, -0.2) is 4.39 Å². The fourth-order valence-corrected chi connectivity index (χ4v) is 2.31. The van der Waals surface area contributed by atoms with Crippen molar-refractivity contribution in [3.63, 3.8) is 0 Å². The molecule has 2 rings (SSSR count). The van der Waals surface area contributed by atoms with Gasteiger partial charge < -0.3 is 19.5 Å². The van der Waals surface area contributed by atoms with Crippen molar-refractivity contribution < 1.29 is 18.6 Å². The van der Waals surface area contributed by atoms with Crippen LogP contribution in [0, 0.1) is 5.82 Å². The highest BCUT2D eigenvalue weighted by atomic mass is 35.5. The molecule has 0 heterocycles. The molecule has 1 saturated carbocycles. The largest absolute Gasteiger partial charge is 0.487 e. The smallest absolute Gasteiger partial charge is 0.145 e. The van der Waals surface area contributed by atoms with Gasteiger partial charge in [0.05, 0.1) is 18.2 Å². The zero-order valence-electron chi connectivity index (χ0n) is 11.6. The van der Waals surface area contributed by atoms with E-state index < -0.39 is 5.82 Å². The quantitative estimate of drug-likeness (QED) is 0.784. The molecule has 112 valence electrons. The summed E-state index contributed by atoms with van der Waals surface area (Å²) >= 11 is 5.64. The van der Waals surface area contributed by atoms with E-state index in [4.69, 9.17) is 25.8 Å². The minimum atomic E-state index is -0.481. The SMILES string of the molecule is CNC1CC(Oc2ccc(Cl)c(F)c2)C1OCCOC. The molecule has 0 amide bonds. The van der Waals surface area contributed by atoms with E-state index in [0.717, 1.165) is 6.42 Å². The molecule has 1 aliphatic carbocycles.